The summed E-state index contributed by atoms with van der Waals surface area (Å²) in [5.41, 5.74) is 7.27. The average Bonchev–Trinajstić information content (AvgIpc) is 3.59. The lowest BCUT2D eigenvalue weighted by molar-refractivity contribution is -0.155. The number of hydrogen-bond acceptors (Lipinski definition) is 6. The Bertz CT molecular complexity index is 1520. The van der Waals surface area contributed by atoms with Crippen LogP contribution in [0.25, 0.3) is 33.5 Å². The first-order valence-electron chi connectivity index (χ1n) is 13.0. The Morgan fingerprint density at radius 3 is 2.84 bits per heavy atom. The molecule has 0 unspecified atom stereocenters. The maximum Gasteiger partial charge on any atom is 0.226 e. The maximum atomic E-state index is 12.6. The van der Waals surface area contributed by atoms with E-state index in [1.165, 1.54) is 17.5 Å². The van der Waals surface area contributed by atoms with Crippen molar-refractivity contribution < 1.29 is 14.6 Å². The van der Waals surface area contributed by atoms with Crippen LogP contribution in [0.2, 0.25) is 0 Å². The number of fused-ring (bicyclic) bond motifs is 2. The zero-order chi connectivity index (χ0) is 25.3. The van der Waals surface area contributed by atoms with E-state index in [-0.39, 0.29) is 17.9 Å². The van der Waals surface area contributed by atoms with Crippen LogP contribution in [0.4, 0.5) is 0 Å². The van der Waals surface area contributed by atoms with Crippen molar-refractivity contribution in [2.45, 2.75) is 50.7 Å². The Morgan fingerprint density at radius 1 is 1.22 bits per heavy atom. The average molecular weight is 499 g/mol. The lowest BCUT2D eigenvalue weighted by atomic mass is 9.71. The number of rotatable bonds is 5. The Labute approximate surface area is 214 Å². The molecule has 2 aliphatic carbocycles. The minimum Gasteiger partial charge on any atom is -0.494 e. The van der Waals surface area contributed by atoms with E-state index >= 15 is 0 Å². The summed E-state index contributed by atoms with van der Waals surface area (Å²) in [5, 5.41) is 22.2. The van der Waals surface area contributed by atoms with E-state index in [2.05, 4.69) is 33.5 Å². The second-order valence-corrected chi connectivity index (χ2v) is 11.0. The van der Waals surface area contributed by atoms with Crippen molar-refractivity contribution in [2.75, 3.05) is 20.2 Å². The number of pyridine rings is 1. The third-order valence-electron chi connectivity index (χ3n) is 8.27. The number of likely N-dealkylation sites (tertiary alicyclic amines) is 1. The van der Waals surface area contributed by atoms with Crippen molar-refractivity contribution in [1.29, 1.82) is 0 Å². The number of aryl methyl sites for hydroxylation is 1. The molecule has 1 aromatic carbocycles. The van der Waals surface area contributed by atoms with E-state index < -0.39 is 5.60 Å². The van der Waals surface area contributed by atoms with Crippen molar-refractivity contribution in [3.63, 3.8) is 0 Å². The molecule has 1 amide bonds. The molecule has 2 fully saturated rings. The van der Waals surface area contributed by atoms with Gasteiger partial charge in [-0.15, -0.1) is 0 Å². The van der Waals surface area contributed by atoms with Crippen molar-refractivity contribution in [3.8, 4) is 28.3 Å². The molecule has 190 valence electrons. The van der Waals surface area contributed by atoms with Crippen LogP contribution in [0.3, 0.4) is 0 Å². The van der Waals surface area contributed by atoms with E-state index in [0.717, 1.165) is 52.1 Å². The predicted molar refractivity (Wildman–Crippen MR) is 138 cm³/mol. The molecule has 0 bridgehead atoms. The highest BCUT2D eigenvalue weighted by Crippen LogP contribution is 2.41. The number of amides is 1. The van der Waals surface area contributed by atoms with Crippen LogP contribution < -0.4 is 4.74 Å². The largest absolute Gasteiger partial charge is 0.494 e. The van der Waals surface area contributed by atoms with Gasteiger partial charge in [0.2, 0.25) is 5.91 Å². The van der Waals surface area contributed by atoms with Gasteiger partial charge >= 0.3 is 0 Å². The molecule has 1 saturated heterocycles. The molecule has 3 aliphatic rings. The van der Waals surface area contributed by atoms with E-state index in [0.29, 0.717) is 25.9 Å². The molecule has 0 spiro atoms. The molecule has 7 rings (SSSR count). The van der Waals surface area contributed by atoms with Gasteiger partial charge in [0, 0.05) is 42.4 Å². The summed E-state index contributed by atoms with van der Waals surface area (Å²) >= 11 is 0. The third-order valence-corrected chi connectivity index (χ3v) is 8.27. The predicted octanol–water partition coefficient (Wildman–Crippen LogP) is 3.53. The number of carbonyl (C=O) groups is 1. The summed E-state index contributed by atoms with van der Waals surface area (Å²) in [6, 6.07) is 8.55. The number of aliphatic hydroxyl groups is 1. The van der Waals surface area contributed by atoms with Gasteiger partial charge in [-0.3, -0.25) is 14.6 Å². The summed E-state index contributed by atoms with van der Waals surface area (Å²) in [5.74, 6) is 0.820. The molecule has 0 atom stereocenters. The van der Waals surface area contributed by atoms with Gasteiger partial charge in [0.1, 0.15) is 22.7 Å². The SMILES string of the molecule is COc1cc2[nH]nc(-c3cnn(C4CN(C(=O)C5CC(C)(O)C5)C4)c3)c2nc1-c1cccc2c1CCC2. The molecule has 2 N–H and O–H groups in total. The molecule has 0 radical (unpaired) electrons. The van der Waals surface area contributed by atoms with Gasteiger partial charge in [0.25, 0.3) is 0 Å². The second kappa shape index (κ2) is 8.14. The number of nitrogens with zero attached hydrogens (tertiary/aromatic N) is 5. The van der Waals surface area contributed by atoms with E-state index in [1.807, 2.05) is 28.0 Å². The minimum atomic E-state index is -0.688. The molecule has 9 nitrogen and oxygen atoms in total. The highest BCUT2D eigenvalue weighted by Gasteiger charge is 2.46. The number of ether oxygens (including phenoxy) is 1. The summed E-state index contributed by atoms with van der Waals surface area (Å²) in [4.78, 5) is 19.6. The van der Waals surface area contributed by atoms with Gasteiger partial charge in [0.05, 0.1) is 30.5 Å². The van der Waals surface area contributed by atoms with Crippen LogP contribution in [0, 0.1) is 5.92 Å². The Morgan fingerprint density at radius 2 is 2.05 bits per heavy atom. The smallest absolute Gasteiger partial charge is 0.226 e. The molecule has 4 heterocycles. The number of aromatic amines is 1. The summed E-state index contributed by atoms with van der Waals surface area (Å²) in [6.07, 6.45) is 8.24. The zero-order valence-electron chi connectivity index (χ0n) is 21.1. The molecule has 3 aromatic heterocycles. The molecule has 1 saturated carbocycles. The number of H-pyrrole nitrogens is 1. The summed E-state index contributed by atoms with van der Waals surface area (Å²) in [7, 11) is 1.68. The van der Waals surface area contributed by atoms with Gasteiger partial charge in [-0.2, -0.15) is 10.2 Å². The number of carbonyl (C=O) groups excluding carboxylic acids is 1. The van der Waals surface area contributed by atoms with Crippen LogP contribution in [0.5, 0.6) is 5.75 Å². The number of nitrogens with one attached hydrogen (secondary N) is 1. The van der Waals surface area contributed by atoms with Gasteiger partial charge in [-0.25, -0.2) is 4.98 Å². The zero-order valence-corrected chi connectivity index (χ0v) is 21.1. The Hall–Kier alpha value is -3.72. The molecular weight excluding hydrogens is 468 g/mol. The van der Waals surface area contributed by atoms with Gasteiger partial charge in [-0.1, -0.05) is 18.2 Å². The third kappa shape index (κ3) is 3.63. The van der Waals surface area contributed by atoms with Crippen molar-refractivity contribution in [3.05, 3.63) is 47.8 Å². The van der Waals surface area contributed by atoms with E-state index in [4.69, 9.17) is 9.72 Å². The van der Waals surface area contributed by atoms with Crippen LogP contribution in [0.1, 0.15) is 43.4 Å². The van der Waals surface area contributed by atoms with Crippen LogP contribution in [-0.2, 0) is 17.6 Å². The van der Waals surface area contributed by atoms with Crippen LogP contribution >= 0.6 is 0 Å². The van der Waals surface area contributed by atoms with E-state index in [9.17, 15) is 9.90 Å². The van der Waals surface area contributed by atoms with Crippen molar-refractivity contribution in [1.82, 2.24) is 29.9 Å². The highest BCUT2D eigenvalue weighted by atomic mass is 16.5. The first-order valence-corrected chi connectivity index (χ1v) is 13.0. The van der Waals surface area contributed by atoms with Gasteiger partial charge in [-0.05, 0) is 50.2 Å². The highest BCUT2D eigenvalue weighted by molar-refractivity contribution is 5.93. The molecular formula is C28H30N6O3. The lowest BCUT2D eigenvalue weighted by Gasteiger charge is -2.46. The lowest BCUT2D eigenvalue weighted by Crippen LogP contribution is -2.56. The first-order chi connectivity index (χ1) is 17.9. The number of methoxy groups -OCH3 is 1. The quantitative estimate of drug-likeness (QED) is 0.436. The normalized spacial score (nSPS) is 23.1. The van der Waals surface area contributed by atoms with Crippen LogP contribution in [0.15, 0.2) is 36.7 Å². The Balaban J connectivity index is 1.15. The number of hydrogen-bond donors (Lipinski definition) is 2. The second-order valence-electron chi connectivity index (χ2n) is 11.0. The molecule has 1 aliphatic heterocycles. The van der Waals surface area contributed by atoms with Crippen molar-refractivity contribution >= 4 is 16.9 Å². The molecule has 4 aromatic rings. The number of benzene rings is 1. The monoisotopic (exact) mass is 498 g/mol. The van der Waals surface area contributed by atoms with Crippen LogP contribution in [-0.4, -0.2) is 66.7 Å². The number of aromatic nitrogens is 5. The van der Waals surface area contributed by atoms with Crippen molar-refractivity contribution in [2.24, 2.45) is 5.92 Å². The Kier molecular flexibility index (Phi) is 4.95. The van der Waals surface area contributed by atoms with Gasteiger partial charge < -0.3 is 14.7 Å². The summed E-state index contributed by atoms with van der Waals surface area (Å²) in [6.45, 7) is 3.07. The summed E-state index contributed by atoms with van der Waals surface area (Å²) < 4.78 is 7.66. The van der Waals surface area contributed by atoms with Gasteiger partial charge in [0.15, 0.2) is 0 Å². The maximum absolute atomic E-state index is 12.6. The first kappa shape index (κ1) is 22.5. The molecule has 9 heteroatoms. The molecule has 37 heavy (non-hydrogen) atoms. The minimum absolute atomic E-state index is 0.0531. The topological polar surface area (TPSA) is 109 Å². The standard InChI is InChI=1S/C28H30N6O3/c1-28(36)10-17(11-28)27(35)33-14-19(15-33)34-13-18(12-29-34)24-26-22(31-32-24)9-23(37-2)25(30-26)21-8-4-6-16-5-3-7-20(16)21/h4,6,8-9,12-13,17,19,36H,3,5,7,10-11,14-15H2,1-2H3,(H,31,32). The fourth-order valence-corrected chi connectivity index (χ4v) is 6.22. The van der Waals surface area contributed by atoms with E-state index in [1.54, 1.807) is 14.0 Å². The fraction of sp³-hybridized carbons (Fsp3) is 0.429. The fourth-order valence-electron chi connectivity index (χ4n) is 6.22.